The third-order valence-electron chi connectivity index (χ3n) is 2.94. The van der Waals surface area contributed by atoms with E-state index in [2.05, 4.69) is 5.32 Å². The van der Waals surface area contributed by atoms with Gasteiger partial charge in [0.2, 0.25) is 0 Å². The van der Waals surface area contributed by atoms with Crippen LogP contribution in [0.25, 0.3) is 0 Å². The number of hydrogen-bond acceptors (Lipinski definition) is 6. The predicted molar refractivity (Wildman–Crippen MR) is 71.9 cm³/mol. The Bertz CT molecular complexity index is 529. The molecule has 1 aromatic rings. The molecule has 1 fully saturated rings. The number of nitro groups is 1. The van der Waals surface area contributed by atoms with Crippen LogP contribution in [0.15, 0.2) is 18.2 Å². The highest BCUT2D eigenvalue weighted by Gasteiger charge is 2.32. The lowest BCUT2D eigenvalue weighted by Gasteiger charge is -2.17. The van der Waals surface area contributed by atoms with E-state index in [0.717, 1.165) is 0 Å². The molecule has 0 aromatic heterocycles. The number of nitro benzene ring substituents is 1. The molecule has 1 saturated heterocycles. The summed E-state index contributed by atoms with van der Waals surface area (Å²) in [5.41, 5.74) is 0.491. The van der Waals surface area contributed by atoms with Gasteiger partial charge in [-0.1, -0.05) is 0 Å². The van der Waals surface area contributed by atoms with Gasteiger partial charge in [-0.3, -0.25) is 14.9 Å². The molecule has 1 unspecified atom stereocenters. The Balaban J connectivity index is 2.06. The Hall–Kier alpha value is -1.99. The number of nitrogens with zero attached hydrogens (tertiary/aromatic N) is 1. The van der Waals surface area contributed by atoms with Gasteiger partial charge in [0.15, 0.2) is 5.79 Å². The first-order chi connectivity index (χ1) is 9.41. The molecule has 0 saturated carbocycles. The molecule has 1 N–H and O–H groups in total. The summed E-state index contributed by atoms with van der Waals surface area (Å²) in [6.07, 6.45) is 0.406. The standard InChI is InChI=1S/C13H16N2O5/c1-13(2)19-8-10(20-13)6-14-11-4-3-9(7-16)5-12(11)15(17)18/h3-5,7,10,14H,6,8H2,1-2H3. The van der Waals surface area contributed by atoms with Gasteiger partial charge in [0, 0.05) is 18.2 Å². The van der Waals surface area contributed by atoms with E-state index in [9.17, 15) is 14.9 Å². The maximum absolute atomic E-state index is 11.0. The number of anilines is 1. The molecule has 0 amide bonds. The van der Waals surface area contributed by atoms with Gasteiger partial charge in [-0.05, 0) is 26.0 Å². The molecule has 0 bridgehead atoms. The van der Waals surface area contributed by atoms with Gasteiger partial charge in [0.25, 0.3) is 5.69 Å². The Morgan fingerprint density at radius 1 is 1.55 bits per heavy atom. The van der Waals surface area contributed by atoms with Crippen molar-refractivity contribution in [3.8, 4) is 0 Å². The zero-order chi connectivity index (χ0) is 14.8. The van der Waals surface area contributed by atoms with E-state index < -0.39 is 10.7 Å². The van der Waals surface area contributed by atoms with Crippen LogP contribution in [0.1, 0.15) is 24.2 Å². The minimum absolute atomic E-state index is 0.132. The molecule has 2 rings (SSSR count). The van der Waals surface area contributed by atoms with Crippen molar-refractivity contribution in [1.29, 1.82) is 0 Å². The van der Waals surface area contributed by atoms with Gasteiger partial charge >= 0.3 is 0 Å². The summed E-state index contributed by atoms with van der Waals surface area (Å²) in [5.74, 6) is -0.625. The number of hydrogen-bond donors (Lipinski definition) is 1. The summed E-state index contributed by atoms with van der Waals surface area (Å²) < 4.78 is 11.0. The van der Waals surface area contributed by atoms with Crippen LogP contribution in [0.2, 0.25) is 0 Å². The van der Waals surface area contributed by atoms with Gasteiger partial charge in [0.1, 0.15) is 18.1 Å². The van der Waals surface area contributed by atoms with E-state index in [-0.39, 0.29) is 17.4 Å². The Labute approximate surface area is 116 Å². The zero-order valence-electron chi connectivity index (χ0n) is 11.3. The molecule has 1 atom stereocenters. The maximum atomic E-state index is 11.0. The summed E-state index contributed by atoms with van der Waals surface area (Å²) >= 11 is 0. The van der Waals surface area contributed by atoms with E-state index in [0.29, 0.717) is 25.1 Å². The lowest BCUT2D eigenvalue weighted by molar-refractivity contribution is -0.384. The summed E-state index contributed by atoms with van der Waals surface area (Å²) in [4.78, 5) is 21.1. The summed E-state index contributed by atoms with van der Waals surface area (Å²) in [5, 5.41) is 13.9. The number of carbonyl (C=O) groups excluding carboxylic acids is 1. The molecular weight excluding hydrogens is 264 g/mol. The van der Waals surface area contributed by atoms with Gasteiger partial charge in [-0.2, -0.15) is 0 Å². The SMILES string of the molecule is CC1(C)OCC(CNc2ccc(C=O)cc2[N+](=O)[O-])O1. The van der Waals surface area contributed by atoms with E-state index in [1.165, 1.54) is 18.2 Å². The first-order valence-electron chi connectivity index (χ1n) is 6.20. The second kappa shape index (κ2) is 5.56. The van der Waals surface area contributed by atoms with Crippen LogP contribution < -0.4 is 5.32 Å². The minimum Gasteiger partial charge on any atom is -0.377 e. The Morgan fingerprint density at radius 2 is 2.30 bits per heavy atom. The monoisotopic (exact) mass is 280 g/mol. The van der Waals surface area contributed by atoms with Crippen molar-refractivity contribution < 1.29 is 19.2 Å². The fourth-order valence-corrected chi connectivity index (χ4v) is 2.01. The lowest BCUT2D eigenvalue weighted by atomic mass is 10.2. The smallest absolute Gasteiger partial charge is 0.293 e. The van der Waals surface area contributed by atoms with Gasteiger partial charge in [0.05, 0.1) is 11.5 Å². The molecule has 1 heterocycles. The third-order valence-corrected chi connectivity index (χ3v) is 2.94. The number of rotatable bonds is 5. The van der Waals surface area contributed by atoms with Crippen LogP contribution in [-0.4, -0.2) is 36.3 Å². The van der Waals surface area contributed by atoms with Crippen LogP contribution >= 0.6 is 0 Å². The fraction of sp³-hybridized carbons (Fsp3) is 0.462. The van der Waals surface area contributed by atoms with Gasteiger partial charge in [-0.15, -0.1) is 0 Å². The van der Waals surface area contributed by atoms with Gasteiger partial charge < -0.3 is 14.8 Å². The van der Waals surface area contributed by atoms with Crippen LogP contribution in [0.3, 0.4) is 0 Å². The number of ether oxygens (including phenoxy) is 2. The Morgan fingerprint density at radius 3 is 2.85 bits per heavy atom. The van der Waals surface area contributed by atoms with Crippen molar-refractivity contribution in [3.63, 3.8) is 0 Å². The predicted octanol–water partition coefficient (Wildman–Crippen LogP) is 1.97. The molecule has 108 valence electrons. The highest BCUT2D eigenvalue weighted by atomic mass is 16.7. The van der Waals surface area contributed by atoms with Crippen LogP contribution in [0.5, 0.6) is 0 Å². The third kappa shape index (κ3) is 3.31. The molecule has 0 spiro atoms. The summed E-state index contributed by atoms with van der Waals surface area (Å²) in [7, 11) is 0. The molecule has 0 aliphatic carbocycles. The first-order valence-corrected chi connectivity index (χ1v) is 6.20. The second-order valence-electron chi connectivity index (χ2n) is 4.98. The van der Waals surface area contributed by atoms with Crippen molar-refractivity contribution in [2.24, 2.45) is 0 Å². The first kappa shape index (κ1) is 14.4. The molecule has 7 heteroatoms. The van der Waals surface area contributed by atoms with Gasteiger partial charge in [-0.25, -0.2) is 0 Å². The zero-order valence-corrected chi connectivity index (χ0v) is 11.3. The summed E-state index contributed by atoms with van der Waals surface area (Å²) in [6.45, 7) is 4.45. The molecular formula is C13H16N2O5. The Kier molecular flexibility index (Phi) is 4.01. The molecule has 7 nitrogen and oxygen atoms in total. The minimum atomic E-state index is -0.625. The van der Waals surface area contributed by atoms with Crippen molar-refractivity contribution >= 4 is 17.7 Å². The normalized spacial score (nSPS) is 20.6. The molecule has 1 aliphatic heterocycles. The number of carbonyl (C=O) groups is 1. The van der Waals surface area contributed by atoms with E-state index in [4.69, 9.17) is 9.47 Å². The van der Waals surface area contributed by atoms with E-state index in [1.54, 1.807) is 0 Å². The fourth-order valence-electron chi connectivity index (χ4n) is 2.01. The second-order valence-corrected chi connectivity index (χ2v) is 4.98. The highest BCUT2D eigenvalue weighted by Crippen LogP contribution is 2.27. The van der Waals surface area contributed by atoms with Crippen LogP contribution in [-0.2, 0) is 9.47 Å². The van der Waals surface area contributed by atoms with Crippen molar-refractivity contribution in [2.75, 3.05) is 18.5 Å². The molecule has 20 heavy (non-hydrogen) atoms. The number of benzene rings is 1. The van der Waals surface area contributed by atoms with Crippen LogP contribution in [0.4, 0.5) is 11.4 Å². The quantitative estimate of drug-likeness (QED) is 0.503. The molecule has 0 radical (unpaired) electrons. The van der Waals surface area contributed by atoms with Crippen molar-refractivity contribution in [2.45, 2.75) is 25.7 Å². The van der Waals surface area contributed by atoms with Crippen LogP contribution in [0, 0.1) is 10.1 Å². The molecule has 1 aliphatic rings. The summed E-state index contributed by atoms with van der Waals surface area (Å²) in [6, 6.07) is 4.28. The average Bonchev–Trinajstić information content (AvgIpc) is 2.75. The van der Waals surface area contributed by atoms with E-state index >= 15 is 0 Å². The largest absolute Gasteiger partial charge is 0.377 e. The van der Waals surface area contributed by atoms with Crippen molar-refractivity contribution in [3.05, 3.63) is 33.9 Å². The van der Waals surface area contributed by atoms with E-state index in [1.807, 2.05) is 13.8 Å². The lowest BCUT2D eigenvalue weighted by Crippen LogP contribution is -2.26. The number of aldehydes is 1. The maximum Gasteiger partial charge on any atom is 0.293 e. The number of nitrogens with one attached hydrogen (secondary N) is 1. The average molecular weight is 280 g/mol. The highest BCUT2D eigenvalue weighted by molar-refractivity contribution is 5.79. The molecule has 1 aromatic carbocycles. The topological polar surface area (TPSA) is 90.7 Å². The van der Waals surface area contributed by atoms with Crippen molar-refractivity contribution in [1.82, 2.24) is 0 Å².